The van der Waals surface area contributed by atoms with E-state index in [0.717, 1.165) is 25.7 Å². The number of terminal acetylenes is 1. The van der Waals surface area contributed by atoms with Gasteiger partial charge in [0.1, 0.15) is 0 Å². The fourth-order valence-electron chi connectivity index (χ4n) is 2.49. The fourth-order valence-corrected chi connectivity index (χ4v) is 2.49. The van der Waals surface area contributed by atoms with Crippen molar-refractivity contribution in [1.29, 1.82) is 0 Å². The van der Waals surface area contributed by atoms with Crippen LogP contribution in [0.15, 0.2) is 0 Å². The van der Waals surface area contributed by atoms with Crippen LogP contribution in [-0.4, -0.2) is 29.2 Å². The third-order valence-corrected chi connectivity index (χ3v) is 3.89. The minimum atomic E-state index is -0.839. The van der Waals surface area contributed by atoms with E-state index in [1.165, 1.54) is 0 Å². The number of aliphatic carboxylic acids is 1. The quantitative estimate of drug-likeness (QED) is 0.545. The summed E-state index contributed by atoms with van der Waals surface area (Å²) < 4.78 is 0. The molecule has 0 aromatic rings. The van der Waals surface area contributed by atoms with Crippen molar-refractivity contribution in [3.05, 3.63) is 0 Å². The first kappa shape index (κ1) is 16.4. The van der Waals surface area contributed by atoms with Gasteiger partial charge in [-0.05, 0) is 26.7 Å². The van der Waals surface area contributed by atoms with E-state index in [4.69, 9.17) is 6.42 Å². The molecule has 0 heterocycles. The lowest BCUT2D eigenvalue weighted by atomic mass is 9.80. The number of nitrogens with one attached hydrogen (secondary N) is 2. The van der Waals surface area contributed by atoms with Gasteiger partial charge in [0.25, 0.3) is 0 Å². The Morgan fingerprint density at radius 3 is 2.25 bits per heavy atom. The summed E-state index contributed by atoms with van der Waals surface area (Å²) in [6.07, 6.45) is 10.4. The minimum Gasteiger partial charge on any atom is -0.481 e. The predicted molar refractivity (Wildman–Crippen MR) is 77.2 cm³/mol. The molecule has 0 aliphatic heterocycles. The maximum atomic E-state index is 11.8. The molecule has 5 nitrogen and oxygen atoms in total. The molecule has 1 saturated carbocycles. The number of carboxylic acid groups (broad SMARTS) is 1. The fraction of sp³-hybridized carbons (Fsp3) is 0.733. The molecule has 1 aliphatic carbocycles. The molecule has 1 rings (SSSR count). The molecule has 0 unspecified atom stereocenters. The highest BCUT2D eigenvalue weighted by molar-refractivity contribution is 5.78. The van der Waals surface area contributed by atoms with Crippen LogP contribution in [0.3, 0.4) is 0 Å². The summed E-state index contributed by atoms with van der Waals surface area (Å²) in [6, 6.07) is -0.419. The molecule has 0 bridgehead atoms. The Bertz CT molecular complexity index is 402. The van der Waals surface area contributed by atoms with Crippen molar-refractivity contribution in [2.45, 2.75) is 57.9 Å². The summed E-state index contributed by atoms with van der Waals surface area (Å²) in [5.41, 5.74) is -1.59. The van der Waals surface area contributed by atoms with Gasteiger partial charge in [-0.15, -0.1) is 6.42 Å². The number of hydrogen-bond donors (Lipinski definition) is 3. The molecule has 20 heavy (non-hydrogen) atoms. The second kappa shape index (κ2) is 6.65. The molecule has 1 aliphatic rings. The first-order chi connectivity index (χ1) is 9.31. The Morgan fingerprint density at radius 1 is 1.25 bits per heavy atom. The van der Waals surface area contributed by atoms with Crippen molar-refractivity contribution in [2.75, 3.05) is 6.54 Å². The second-order valence-electron chi connectivity index (χ2n) is 6.08. The summed E-state index contributed by atoms with van der Waals surface area (Å²) in [5, 5.41) is 14.8. The molecule has 0 aromatic carbocycles. The monoisotopic (exact) mass is 280 g/mol. The van der Waals surface area contributed by atoms with Crippen molar-refractivity contribution in [2.24, 2.45) is 5.41 Å². The van der Waals surface area contributed by atoms with Gasteiger partial charge in [-0.25, -0.2) is 4.79 Å². The number of rotatable bonds is 4. The smallest absolute Gasteiger partial charge is 0.315 e. The highest BCUT2D eigenvalue weighted by Gasteiger charge is 2.39. The number of carboxylic acids is 1. The standard InChI is InChI=1S/C15H24N2O3/c1-4-14(2,3)17-13(20)16-11-15(12(18)19)9-7-5-6-8-10-15/h1H,5-11H2,2-3H3,(H,18,19)(H2,16,17,20). The number of carbonyl (C=O) groups is 2. The molecule has 5 heteroatoms. The van der Waals surface area contributed by atoms with E-state index in [9.17, 15) is 14.7 Å². The Morgan fingerprint density at radius 2 is 1.80 bits per heavy atom. The molecule has 0 atom stereocenters. The van der Waals surface area contributed by atoms with Crippen molar-refractivity contribution < 1.29 is 14.7 Å². The maximum Gasteiger partial charge on any atom is 0.315 e. The Balaban J connectivity index is 2.62. The summed E-state index contributed by atoms with van der Waals surface area (Å²) in [7, 11) is 0. The van der Waals surface area contributed by atoms with E-state index in [0.29, 0.717) is 12.8 Å². The Hall–Kier alpha value is -1.70. The first-order valence-corrected chi connectivity index (χ1v) is 7.08. The van der Waals surface area contributed by atoms with Crippen LogP contribution in [0.2, 0.25) is 0 Å². The van der Waals surface area contributed by atoms with Gasteiger partial charge in [-0.3, -0.25) is 4.79 Å². The highest BCUT2D eigenvalue weighted by Crippen LogP contribution is 2.34. The van der Waals surface area contributed by atoms with Crippen LogP contribution in [0.5, 0.6) is 0 Å². The van der Waals surface area contributed by atoms with Gasteiger partial charge in [-0.1, -0.05) is 31.6 Å². The number of hydrogen-bond acceptors (Lipinski definition) is 2. The van der Waals surface area contributed by atoms with Crippen LogP contribution in [0.4, 0.5) is 4.79 Å². The van der Waals surface area contributed by atoms with Gasteiger partial charge in [0, 0.05) is 6.54 Å². The van der Waals surface area contributed by atoms with E-state index < -0.39 is 23.0 Å². The van der Waals surface area contributed by atoms with Crippen molar-refractivity contribution in [3.8, 4) is 12.3 Å². The normalized spacial score (nSPS) is 18.4. The maximum absolute atomic E-state index is 11.8. The molecule has 0 radical (unpaired) electrons. The zero-order valence-electron chi connectivity index (χ0n) is 12.3. The Labute approximate surface area is 120 Å². The number of amides is 2. The van der Waals surface area contributed by atoms with Gasteiger partial charge in [0.05, 0.1) is 11.0 Å². The molecular formula is C15H24N2O3. The van der Waals surface area contributed by atoms with E-state index in [1.54, 1.807) is 13.8 Å². The van der Waals surface area contributed by atoms with Crippen LogP contribution in [0.25, 0.3) is 0 Å². The third-order valence-electron chi connectivity index (χ3n) is 3.89. The van der Waals surface area contributed by atoms with Gasteiger partial charge in [0.2, 0.25) is 0 Å². The van der Waals surface area contributed by atoms with Crippen molar-refractivity contribution in [3.63, 3.8) is 0 Å². The summed E-state index contributed by atoms with van der Waals surface area (Å²) >= 11 is 0. The average Bonchev–Trinajstić information content (AvgIpc) is 2.62. The van der Waals surface area contributed by atoms with Gasteiger partial charge in [0.15, 0.2) is 0 Å². The van der Waals surface area contributed by atoms with Crippen molar-refractivity contribution >= 4 is 12.0 Å². The molecule has 3 N–H and O–H groups in total. The molecule has 0 spiro atoms. The van der Waals surface area contributed by atoms with Crippen LogP contribution in [0.1, 0.15) is 52.4 Å². The van der Waals surface area contributed by atoms with E-state index in [-0.39, 0.29) is 6.54 Å². The number of urea groups is 1. The summed E-state index contributed by atoms with van der Waals surface area (Å²) in [4.78, 5) is 23.4. The van der Waals surface area contributed by atoms with E-state index in [1.807, 2.05) is 0 Å². The van der Waals surface area contributed by atoms with Crippen LogP contribution in [-0.2, 0) is 4.79 Å². The highest BCUT2D eigenvalue weighted by atomic mass is 16.4. The second-order valence-corrected chi connectivity index (χ2v) is 6.08. The van der Waals surface area contributed by atoms with E-state index in [2.05, 4.69) is 16.6 Å². The molecule has 1 fully saturated rings. The predicted octanol–water partition coefficient (Wildman–Crippen LogP) is 2.12. The van der Waals surface area contributed by atoms with Gasteiger partial charge in [-0.2, -0.15) is 0 Å². The van der Waals surface area contributed by atoms with Gasteiger partial charge < -0.3 is 15.7 Å². The molecule has 2 amide bonds. The minimum absolute atomic E-state index is 0.148. The lowest BCUT2D eigenvalue weighted by molar-refractivity contribution is -0.149. The van der Waals surface area contributed by atoms with Crippen LogP contribution in [0, 0.1) is 17.8 Å². The zero-order chi connectivity index (χ0) is 15.2. The zero-order valence-corrected chi connectivity index (χ0v) is 12.3. The SMILES string of the molecule is C#CC(C)(C)NC(=O)NCC1(C(=O)O)CCCCCC1. The number of carbonyl (C=O) groups excluding carboxylic acids is 1. The summed E-state index contributed by atoms with van der Waals surface area (Å²) in [5.74, 6) is 1.64. The molecule has 0 aromatic heterocycles. The third kappa shape index (κ3) is 4.44. The summed E-state index contributed by atoms with van der Waals surface area (Å²) in [6.45, 7) is 3.57. The van der Waals surface area contributed by atoms with Crippen molar-refractivity contribution in [1.82, 2.24) is 10.6 Å². The average molecular weight is 280 g/mol. The molecule has 0 saturated heterocycles. The lowest BCUT2D eigenvalue weighted by Gasteiger charge is -2.29. The largest absolute Gasteiger partial charge is 0.481 e. The van der Waals surface area contributed by atoms with Crippen LogP contribution >= 0.6 is 0 Å². The lowest BCUT2D eigenvalue weighted by Crippen LogP contribution is -2.51. The van der Waals surface area contributed by atoms with E-state index >= 15 is 0 Å². The Kier molecular flexibility index (Phi) is 5.43. The van der Waals surface area contributed by atoms with Crippen LogP contribution < -0.4 is 10.6 Å². The molecular weight excluding hydrogens is 256 g/mol. The first-order valence-electron chi connectivity index (χ1n) is 7.08. The molecule has 112 valence electrons. The topological polar surface area (TPSA) is 78.4 Å². The van der Waals surface area contributed by atoms with Gasteiger partial charge >= 0.3 is 12.0 Å².